The Bertz CT molecular complexity index is 1040. The average molecular weight is 442 g/mol. The molecule has 8 heteroatoms. The maximum atomic E-state index is 12.7. The number of amides is 2. The summed E-state index contributed by atoms with van der Waals surface area (Å²) in [7, 11) is 0. The number of likely N-dealkylation sites (tertiary alicyclic amines) is 2. The number of benzene rings is 1. The SMILES string of the molecule is CCNC(=O)c1ccc2c(c1)[nH]c(=O)n2C1CCN(CC(=O)N2CCC(C)(C)CC2)CC1. The van der Waals surface area contributed by atoms with Crippen molar-refractivity contribution in [1.82, 2.24) is 24.7 Å². The van der Waals surface area contributed by atoms with Crippen molar-refractivity contribution in [1.29, 1.82) is 0 Å². The molecule has 32 heavy (non-hydrogen) atoms. The fourth-order valence-electron chi connectivity index (χ4n) is 4.89. The van der Waals surface area contributed by atoms with E-state index < -0.39 is 0 Å². The van der Waals surface area contributed by atoms with Gasteiger partial charge in [0.25, 0.3) is 5.91 Å². The standard InChI is InChI=1S/C24H35N5O3/c1-4-25-22(31)17-5-6-20-19(15-17)26-23(32)29(20)18-7-11-27(12-8-18)16-21(30)28-13-9-24(2,3)10-14-28/h5-6,15,18H,4,7-14,16H2,1-3H3,(H,25,31)(H,26,32). The summed E-state index contributed by atoms with van der Waals surface area (Å²) in [5, 5.41) is 2.78. The Hall–Kier alpha value is -2.61. The summed E-state index contributed by atoms with van der Waals surface area (Å²) in [6.07, 6.45) is 3.77. The molecule has 1 aromatic heterocycles. The van der Waals surface area contributed by atoms with E-state index >= 15 is 0 Å². The number of carbonyl (C=O) groups excluding carboxylic acids is 2. The lowest BCUT2D eigenvalue weighted by atomic mass is 9.82. The van der Waals surface area contributed by atoms with Gasteiger partial charge in [-0.3, -0.25) is 19.1 Å². The van der Waals surface area contributed by atoms with E-state index in [0.29, 0.717) is 29.6 Å². The Labute approximate surface area is 188 Å². The molecular weight excluding hydrogens is 406 g/mol. The van der Waals surface area contributed by atoms with Gasteiger partial charge in [0, 0.05) is 44.3 Å². The number of piperidine rings is 2. The van der Waals surface area contributed by atoms with Crippen molar-refractivity contribution in [2.45, 2.75) is 52.5 Å². The van der Waals surface area contributed by atoms with Gasteiger partial charge in [-0.25, -0.2) is 4.79 Å². The van der Waals surface area contributed by atoms with Crippen LogP contribution in [-0.2, 0) is 4.79 Å². The zero-order chi connectivity index (χ0) is 22.9. The van der Waals surface area contributed by atoms with Gasteiger partial charge in [0.05, 0.1) is 17.6 Å². The van der Waals surface area contributed by atoms with Crippen LogP contribution in [0.25, 0.3) is 11.0 Å². The number of hydrogen-bond donors (Lipinski definition) is 2. The first-order valence-corrected chi connectivity index (χ1v) is 11.8. The van der Waals surface area contributed by atoms with Gasteiger partial charge in [-0.15, -0.1) is 0 Å². The number of nitrogens with one attached hydrogen (secondary N) is 2. The highest BCUT2D eigenvalue weighted by molar-refractivity contribution is 5.97. The van der Waals surface area contributed by atoms with Crippen LogP contribution in [0.15, 0.2) is 23.0 Å². The van der Waals surface area contributed by atoms with E-state index in [1.165, 1.54) is 0 Å². The third kappa shape index (κ3) is 4.75. The second kappa shape index (κ2) is 9.10. The summed E-state index contributed by atoms with van der Waals surface area (Å²) in [6, 6.07) is 5.45. The minimum atomic E-state index is -0.141. The van der Waals surface area contributed by atoms with Crippen LogP contribution in [0.4, 0.5) is 0 Å². The molecule has 3 heterocycles. The number of rotatable bonds is 5. The topological polar surface area (TPSA) is 90.4 Å². The van der Waals surface area contributed by atoms with E-state index in [-0.39, 0.29) is 23.5 Å². The molecule has 0 saturated carbocycles. The Morgan fingerprint density at radius 2 is 1.81 bits per heavy atom. The smallest absolute Gasteiger partial charge is 0.326 e. The number of fused-ring (bicyclic) bond motifs is 1. The van der Waals surface area contributed by atoms with Gasteiger partial charge < -0.3 is 15.2 Å². The van der Waals surface area contributed by atoms with Crippen molar-refractivity contribution in [3.8, 4) is 0 Å². The third-order valence-electron chi connectivity index (χ3n) is 7.07. The Morgan fingerprint density at radius 1 is 1.12 bits per heavy atom. The van der Waals surface area contributed by atoms with Crippen LogP contribution < -0.4 is 11.0 Å². The molecule has 0 unspecified atom stereocenters. The third-order valence-corrected chi connectivity index (χ3v) is 7.07. The molecule has 174 valence electrons. The lowest BCUT2D eigenvalue weighted by Gasteiger charge is -2.38. The second-order valence-electron chi connectivity index (χ2n) is 9.94. The van der Waals surface area contributed by atoms with Gasteiger partial charge in [-0.1, -0.05) is 13.8 Å². The first-order valence-electron chi connectivity index (χ1n) is 11.8. The first-order chi connectivity index (χ1) is 15.3. The minimum Gasteiger partial charge on any atom is -0.352 e. The summed E-state index contributed by atoms with van der Waals surface area (Å²) < 4.78 is 1.82. The zero-order valence-electron chi connectivity index (χ0n) is 19.4. The number of nitrogens with zero attached hydrogens (tertiary/aromatic N) is 3. The lowest BCUT2D eigenvalue weighted by Crippen LogP contribution is -2.47. The second-order valence-corrected chi connectivity index (χ2v) is 9.94. The molecule has 2 aliphatic heterocycles. The molecule has 0 bridgehead atoms. The van der Waals surface area contributed by atoms with Crippen molar-refractivity contribution in [2.24, 2.45) is 5.41 Å². The molecule has 0 aliphatic carbocycles. The molecule has 8 nitrogen and oxygen atoms in total. The lowest BCUT2D eigenvalue weighted by molar-refractivity contribution is -0.134. The Kier molecular flexibility index (Phi) is 6.42. The van der Waals surface area contributed by atoms with Crippen LogP contribution in [-0.4, -0.2) is 70.4 Å². The maximum Gasteiger partial charge on any atom is 0.326 e. The number of aromatic nitrogens is 2. The van der Waals surface area contributed by atoms with Gasteiger partial charge in [0.1, 0.15) is 0 Å². The molecule has 2 amide bonds. The fraction of sp³-hybridized carbons (Fsp3) is 0.625. The Balaban J connectivity index is 1.38. The van der Waals surface area contributed by atoms with E-state index in [0.717, 1.165) is 57.4 Å². The number of hydrogen-bond acceptors (Lipinski definition) is 4. The predicted octanol–water partition coefficient (Wildman–Crippen LogP) is 2.36. The summed E-state index contributed by atoms with van der Waals surface area (Å²) >= 11 is 0. The molecule has 4 rings (SSSR count). The molecular formula is C24H35N5O3. The quantitative estimate of drug-likeness (QED) is 0.745. The van der Waals surface area contributed by atoms with E-state index in [1.54, 1.807) is 12.1 Å². The van der Waals surface area contributed by atoms with Crippen LogP contribution in [0.5, 0.6) is 0 Å². The highest BCUT2D eigenvalue weighted by atomic mass is 16.2. The van der Waals surface area contributed by atoms with Gasteiger partial charge in [-0.05, 0) is 56.2 Å². The molecule has 0 radical (unpaired) electrons. The van der Waals surface area contributed by atoms with Gasteiger partial charge in [0.2, 0.25) is 5.91 Å². The van der Waals surface area contributed by atoms with E-state index in [9.17, 15) is 14.4 Å². The fourth-order valence-corrected chi connectivity index (χ4v) is 4.89. The minimum absolute atomic E-state index is 0.0914. The summed E-state index contributed by atoms with van der Waals surface area (Å²) in [6.45, 7) is 10.7. The zero-order valence-corrected chi connectivity index (χ0v) is 19.4. The monoisotopic (exact) mass is 441 g/mol. The normalized spacial score (nSPS) is 19.9. The summed E-state index contributed by atoms with van der Waals surface area (Å²) in [5.41, 5.74) is 2.25. The Morgan fingerprint density at radius 3 is 2.47 bits per heavy atom. The van der Waals surface area contributed by atoms with Crippen molar-refractivity contribution in [3.63, 3.8) is 0 Å². The molecule has 2 fully saturated rings. The molecule has 0 spiro atoms. The van der Waals surface area contributed by atoms with Crippen LogP contribution in [0.2, 0.25) is 0 Å². The van der Waals surface area contributed by atoms with Crippen molar-refractivity contribution >= 4 is 22.8 Å². The predicted molar refractivity (Wildman–Crippen MR) is 125 cm³/mol. The molecule has 0 atom stereocenters. The number of imidazole rings is 1. The van der Waals surface area contributed by atoms with E-state index in [2.05, 4.69) is 29.0 Å². The van der Waals surface area contributed by atoms with E-state index in [1.807, 2.05) is 22.5 Å². The van der Waals surface area contributed by atoms with Gasteiger partial charge in [0.15, 0.2) is 0 Å². The number of H-pyrrole nitrogens is 1. The molecule has 2 saturated heterocycles. The summed E-state index contributed by atoms with van der Waals surface area (Å²) in [5.74, 6) is 0.0827. The molecule has 2 N–H and O–H groups in total. The van der Waals surface area contributed by atoms with Crippen LogP contribution in [0, 0.1) is 5.41 Å². The average Bonchev–Trinajstić information content (AvgIpc) is 3.09. The highest BCUT2D eigenvalue weighted by Crippen LogP contribution is 2.30. The number of aromatic amines is 1. The first kappa shape index (κ1) is 22.6. The summed E-state index contributed by atoms with van der Waals surface area (Å²) in [4.78, 5) is 44.7. The highest BCUT2D eigenvalue weighted by Gasteiger charge is 2.30. The maximum absolute atomic E-state index is 12.7. The van der Waals surface area contributed by atoms with E-state index in [4.69, 9.17) is 0 Å². The van der Waals surface area contributed by atoms with Crippen LogP contribution in [0.3, 0.4) is 0 Å². The largest absolute Gasteiger partial charge is 0.352 e. The molecule has 1 aromatic carbocycles. The van der Waals surface area contributed by atoms with Crippen LogP contribution in [0.1, 0.15) is 62.9 Å². The molecule has 2 aromatic rings. The van der Waals surface area contributed by atoms with Crippen molar-refractivity contribution < 1.29 is 9.59 Å². The number of carbonyl (C=O) groups is 2. The van der Waals surface area contributed by atoms with Gasteiger partial charge in [-0.2, -0.15) is 0 Å². The van der Waals surface area contributed by atoms with Crippen molar-refractivity contribution in [3.05, 3.63) is 34.2 Å². The van der Waals surface area contributed by atoms with Gasteiger partial charge >= 0.3 is 5.69 Å². The van der Waals surface area contributed by atoms with Crippen LogP contribution >= 0.6 is 0 Å². The molecule has 2 aliphatic rings. The van der Waals surface area contributed by atoms with Crippen molar-refractivity contribution in [2.75, 3.05) is 39.3 Å².